The van der Waals surface area contributed by atoms with Crippen molar-refractivity contribution in [2.24, 2.45) is 11.3 Å². The molecule has 0 amide bonds. The molecule has 1 aliphatic heterocycles. The quantitative estimate of drug-likeness (QED) is 0.654. The lowest BCUT2D eigenvalue weighted by atomic mass is 9.81. The summed E-state index contributed by atoms with van der Waals surface area (Å²) in [5.74, 6) is 0.390. The van der Waals surface area contributed by atoms with E-state index in [0.717, 1.165) is 26.1 Å². The van der Waals surface area contributed by atoms with Crippen LogP contribution < -0.4 is 0 Å². The molecule has 1 rings (SSSR count). The van der Waals surface area contributed by atoms with Gasteiger partial charge in [-0.2, -0.15) is 0 Å². The number of carbonyl (C=O) groups excluding carboxylic acids is 1. The van der Waals surface area contributed by atoms with Crippen LogP contribution in [0.3, 0.4) is 0 Å². The molecule has 0 aromatic heterocycles. The highest BCUT2D eigenvalue weighted by Gasteiger charge is 2.32. The predicted octanol–water partition coefficient (Wildman–Crippen LogP) is 2.00. The first kappa shape index (κ1) is 11.5. The number of carbonyl (C=O) groups is 1. The van der Waals surface area contributed by atoms with Crippen molar-refractivity contribution in [1.82, 2.24) is 0 Å². The number of hydrogen-bond acceptors (Lipinski definition) is 3. The second-order valence-electron chi connectivity index (χ2n) is 4.66. The smallest absolute Gasteiger partial charge is 0.311 e. The van der Waals surface area contributed by atoms with E-state index in [-0.39, 0.29) is 11.4 Å². The van der Waals surface area contributed by atoms with Gasteiger partial charge >= 0.3 is 5.97 Å². The summed E-state index contributed by atoms with van der Waals surface area (Å²) < 4.78 is 10.2. The van der Waals surface area contributed by atoms with Gasteiger partial charge in [0.2, 0.25) is 0 Å². The van der Waals surface area contributed by atoms with Gasteiger partial charge in [-0.1, -0.05) is 0 Å². The van der Waals surface area contributed by atoms with Gasteiger partial charge in [-0.15, -0.1) is 0 Å². The van der Waals surface area contributed by atoms with E-state index in [2.05, 4.69) is 0 Å². The molecule has 1 atom stereocenters. The summed E-state index contributed by atoms with van der Waals surface area (Å²) in [6, 6.07) is 0. The van der Waals surface area contributed by atoms with Gasteiger partial charge in [-0.3, -0.25) is 4.79 Å². The van der Waals surface area contributed by atoms with Crippen molar-refractivity contribution in [3.8, 4) is 0 Å². The fourth-order valence-electron chi connectivity index (χ4n) is 2.05. The van der Waals surface area contributed by atoms with Crippen molar-refractivity contribution >= 4 is 5.97 Å². The van der Waals surface area contributed by atoms with Crippen LogP contribution in [0.5, 0.6) is 0 Å². The van der Waals surface area contributed by atoms with E-state index < -0.39 is 0 Å². The van der Waals surface area contributed by atoms with E-state index in [9.17, 15) is 4.79 Å². The molecule has 1 heterocycles. The highest BCUT2D eigenvalue weighted by atomic mass is 16.5. The van der Waals surface area contributed by atoms with Gasteiger partial charge in [0.05, 0.1) is 12.5 Å². The fraction of sp³-hybridized carbons (Fsp3) is 0.909. The van der Waals surface area contributed by atoms with Crippen molar-refractivity contribution in [1.29, 1.82) is 0 Å². The topological polar surface area (TPSA) is 35.5 Å². The average molecular weight is 200 g/mol. The molecule has 0 aromatic rings. The van der Waals surface area contributed by atoms with Crippen LogP contribution in [-0.2, 0) is 14.3 Å². The molecule has 82 valence electrons. The summed E-state index contributed by atoms with van der Waals surface area (Å²) in [4.78, 5) is 11.4. The summed E-state index contributed by atoms with van der Waals surface area (Å²) in [7, 11) is 1.45. The van der Waals surface area contributed by atoms with Gasteiger partial charge in [0.25, 0.3) is 0 Å². The highest BCUT2D eigenvalue weighted by Crippen LogP contribution is 2.30. The second kappa shape index (κ2) is 4.78. The van der Waals surface area contributed by atoms with Gasteiger partial charge in [0, 0.05) is 13.2 Å². The van der Waals surface area contributed by atoms with Crippen LogP contribution in [0.4, 0.5) is 0 Å². The first-order valence-corrected chi connectivity index (χ1v) is 5.22. The number of methoxy groups -OCH3 is 1. The van der Waals surface area contributed by atoms with Crippen molar-refractivity contribution in [2.45, 2.75) is 33.1 Å². The van der Waals surface area contributed by atoms with Gasteiger partial charge in [0.15, 0.2) is 0 Å². The van der Waals surface area contributed by atoms with Crippen LogP contribution in [0.15, 0.2) is 0 Å². The minimum absolute atomic E-state index is 0.122. The molecule has 3 nitrogen and oxygen atoms in total. The lowest BCUT2D eigenvalue weighted by Crippen LogP contribution is -2.31. The minimum Gasteiger partial charge on any atom is -0.469 e. The first-order valence-electron chi connectivity index (χ1n) is 5.22. The Kier molecular flexibility index (Phi) is 3.93. The Hall–Kier alpha value is -0.570. The van der Waals surface area contributed by atoms with Crippen molar-refractivity contribution < 1.29 is 14.3 Å². The normalized spacial score (nSPS) is 23.2. The minimum atomic E-state index is -0.375. The molecule has 0 saturated carbocycles. The summed E-state index contributed by atoms with van der Waals surface area (Å²) in [5, 5.41) is 0. The Morgan fingerprint density at radius 3 is 2.79 bits per heavy atom. The molecule has 3 heteroatoms. The number of hydrogen-bond donors (Lipinski definition) is 0. The van der Waals surface area contributed by atoms with Gasteiger partial charge in [-0.05, 0) is 39.0 Å². The molecular formula is C11H20O3. The predicted molar refractivity (Wildman–Crippen MR) is 54.0 cm³/mol. The molecule has 0 N–H and O–H groups in total. The maximum absolute atomic E-state index is 11.4. The Morgan fingerprint density at radius 2 is 2.29 bits per heavy atom. The Bertz CT molecular complexity index is 193. The molecule has 0 aromatic carbocycles. The Balaban J connectivity index is 2.44. The van der Waals surface area contributed by atoms with E-state index in [0.29, 0.717) is 5.92 Å². The zero-order valence-electron chi connectivity index (χ0n) is 9.34. The van der Waals surface area contributed by atoms with Crippen LogP contribution in [-0.4, -0.2) is 26.3 Å². The highest BCUT2D eigenvalue weighted by molar-refractivity contribution is 5.75. The third kappa shape index (κ3) is 2.98. The van der Waals surface area contributed by atoms with Crippen LogP contribution in [0.2, 0.25) is 0 Å². The summed E-state index contributed by atoms with van der Waals surface area (Å²) in [5.41, 5.74) is -0.375. The van der Waals surface area contributed by atoms with E-state index in [1.165, 1.54) is 13.5 Å². The van der Waals surface area contributed by atoms with Gasteiger partial charge in [0.1, 0.15) is 0 Å². The van der Waals surface area contributed by atoms with Crippen molar-refractivity contribution in [3.05, 3.63) is 0 Å². The van der Waals surface area contributed by atoms with Crippen molar-refractivity contribution in [2.75, 3.05) is 20.3 Å². The maximum Gasteiger partial charge on any atom is 0.311 e. The zero-order chi connectivity index (χ0) is 10.6. The third-order valence-corrected chi connectivity index (χ3v) is 2.79. The number of rotatable bonds is 3. The fourth-order valence-corrected chi connectivity index (χ4v) is 2.05. The van der Waals surface area contributed by atoms with Crippen molar-refractivity contribution in [3.63, 3.8) is 0 Å². The molecule has 1 aliphatic rings. The molecule has 0 spiro atoms. The lowest BCUT2D eigenvalue weighted by Gasteiger charge is -2.29. The van der Waals surface area contributed by atoms with E-state index >= 15 is 0 Å². The van der Waals surface area contributed by atoms with E-state index in [1.54, 1.807) is 0 Å². The van der Waals surface area contributed by atoms with Crippen LogP contribution in [0.1, 0.15) is 33.1 Å². The summed E-state index contributed by atoms with van der Waals surface area (Å²) in [6.45, 7) is 5.54. The zero-order valence-corrected chi connectivity index (χ0v) is 9.34. The molecular weight excluding hydrogens is 180 g/mol. The monoisotopic (exact) mass is 200 g/mol. The maximum atomic E-state index is 11.4. The number of esters is 1. The first-order chi connectivity index (χ1) is 6.56. The molecule has 0 radical (unpaired) electrons. The Labute approximate surface area is 85.8 Å². The molecule has 14 heavy (non-hydrogen) atoms. The molecule has 1 fully saturated rings. The van der Waals surface area contributed by atoms with Crippen LogP contribution in [0, 0.1) is 11.3 Å². The number of ether oxygens (including phenoxy) is 2. The SMILES string of the molecule is COC(=O)C(C)(C)C[C@H]1CCCOC1. The molecule has 1 saturated heterocycles. The third-order valence-electron chi connectivity index (χ3n) is 2.79. The standard InChI is InChI=1S/C11H20O3/c1-11(2,10(12)13-3)7-9-5-4-6-14-8-9/h9H,4-8H2,1-3H3/t9-/m1/s1. The molecule has 0 bridgehead atoms. The Morgan fingerprint density at radius 1 is 1.57 bits per heavy atom. The van der Waals surface area contributed by atoms with Crippen LogP contribution >= 0.6 is 0 Å². The average Bonchev–Trinajstić information content (AvgIpc) is 2.17. The van der Waals surface area contributed by atoms with Gasteiger partial charge in [-0.25, -0.2) is 0 Å². The van der Waals surface area contributed by atoms with E-state index in [1.807, 2.05) is 13.8 Å². The lowest BCUT2D eigenvalue weighted by molar-refractivity contribution is -0.152. The largest absolute Gasteiger partial charge is 0.469 e. The second-order valence-corrected chi connectivity index (χ2v) is 4.66. The summed E-state index contributed by atoms with van der Waals surface area (Å²) >= 11 is 0. The molecule has 0 unspecified atom stereocenters. The van der Waals surface area contributed by atoms with E-state index in [4.69, 9.17) is 9.47 Å². The summed E-state index contributed by atoms with van der Waals surface area (Å²) in [6.07, 6.45) is 3.14. The van der Waals surface area contributed by atoms with Gasteiger partial charge < -0.3 is 9.47 Å². The van der Waals surface area contributed by atoms with Crippen LogP contribution in [0.25, 0.3) is 0 Å². The molecule has 0 aliphatic carbocycles.